The SMILES string of the molecule is CC[C@H](C)[C@H](NC(=O)[C@H](CC(C)C)NC(=O)[C@@H](N)[C@@H](C)O)C(=O)N[C@@H](CCC(=O)O)C(=O)N[C@@H](CCCCN)C(=O)N[C@H](C(=O)N[C@@H](CC(N)=O)C(=O)N[C@@H](CCC(=O)O)C(=O)N[C@@H](CCC(=O)O)C(=O)N[C@@H](CCCN=C(N)N)C(=O)N[C@@H](CCCCN)C(=O)N[C@H](C(=O)N[C@@H](CC(C)C)C(=O)N[C@@H](CC(C)C)C(=O)N[C@@H](CO)C(=O)O)[C@@H](C)O)[C@@H](C)O. The van der Waals surface area contributed by atoms with Gasteiger partial charge in [-0.25, -0.2) is 4.79 Å². The number of carbonyl (C=O) groups excluding carboxylic acids is 15. The van der Waals surface area contributed by atoms with Crippen LogP contribution in [0.3, 0.4) is 0 Å². The Morgan fingerprint density at radius 2 is 0.589 bits per heavy atom. The molecule has 34 N–H and O–H groups in total. The average Bonchev–Trinajstić information content (AvgIpc) is 0.853. The molecule has 0 aromatic carbocycles. The molecule has 0 fully saturated rings. The molecule has 0 saturated heterocycles. The largest absolute Gasteiger partial charge is 0.481 e. The molecule has 19 atom stereocenters. The highest BCUT2D eigenvalue weighted by atomic mass is 16.4. The first-order valence-corrected chi connectivity index (χ1v) is 41.1. The molecule has 0 aromatic rings. The number of aliphatic carboxylic acids is 4. The van der Waals surface area contributed by atoms with E-state index in [0.717, 1.165) is 13.8 Å². The van der Waals surface area contributed by atoms with Gasteiger partial charge in [-0.15, -0.1) is 0 Å². The van der Waals surface area contributed by atoms with Crippen molar-refractivity contribution in [3.05, 3.63) is 0 Å². The number of aliphatic hydroxyl groups excluding tert-OH is 4. The highest BCUT2D eigenvalue weighted by molar-refractivity contribution is 6.01. The van der Waals surface area contributed by atoms with Crippen molar-refractivity contribution in [3.63, 3.8) is 0 Å². The maximum atomic E-state index is 14.6. The van der Waals surface area contributed by atoms with Gasteiger partial charge in [0.25, 0.3) is 0 Å². The number of carbonyl (C=O) groups is 19. The van der Waals surface area contributed by atoms with Crippen molar-refractivity contribution >= 4 is 118 Å². The number of aliphatic imine (C=N–C) groups is 1. The van der Waals surface area contributed by atoms with Crippen LogP contribution in [-0.4, -0.2) is 294 Å². The van der Waals surface area contributed by atoms with Crippen LogP contribution in [-0.2, 0) is 91.1 Å². The smallest absolute Gasteiger partial charge is 0.328 e. The molecule has 0 aliphatic carbocycles. The fourth-order valence-electron chi connectivity index (χ4n) is 12.1. The second-order valence-corrected chi connectivity index (χ2v) is 31.7. The molecule has 48 nitrogen and oxygen atoms in total. The van der Waals surface area contributed by atoms with Crippen LogP contribution in [0.2, 0.25) is 0 Å². The molecule has 0 radical (unpaired) electrons. The van der Waals surface area contributed by atoms with Crippen LogP contribution in [0.25, 0.3) is 0 Å². The topological polar surface area (TPSA) is 823 Å². The third kappa shape index (κ3) is 44.8. The summed E-state index contributed by atoms with van der Waals surface area (Å²) in [4.78, 5) is 262. The van der Waals surface area contributed by atoms with E-state index >= 15 is 0 Å². The Morgan fingerprint density at radius 1 is 0.323 bits per heavy atom. The van der Waals surface area contributed by atoms with Crippen LogP contribution in [0, 0.1) is 23.7 Å². The first-order chi connectivity index (χ1) is 57.9. The molecule has 0 aliphatic rings. The Bertz CT molecular complexity index is 3590. The van der Waals surface area contributed by atoms with Gasteiger partial charge in [-0.2, -0.15) is 0 Å². The molecule has 15 amide bonds. The van der Waals surface area contributed by atoms with Gasteiger partial charge in [0, 0.05) is 25.8 Å². The van der Waals surface area contributed by atoms with E-state index in [2.05, 4.69) is 79.4 Å². The van der Waals surface area contributed by atoms with Crippen molar-refractivity contribution in [2.45, 2.75) is 307 Å². The molecule has 0 unspecified atom stereocenters. The van der Waals surface area contributed by atoms with Crippen molar-refractivity contribution in [2.75, 3.05) is 26.2 Å². The summed E-state index contributed by atoms with van der Waals surface area (Å²) >= 11 is 0. The Balaban J connectivity index is 7.55. The quantitative estimate of drug-likeness (QED) is 0.0153. The summed E-state index contributed by atoms with van der Waals surface area (Å²) in [5.74, 6) is -25.7. The molecule has 0 bridgehead atoms. The number of rotatable bonds is 64. The number of hydrogen-bond donors (Lipinski definition) is 28. The fraction of sp³-hybridized carbons (Fsp3) is 0.737. The summed E-state index contributed by atoms with van der Waals surface area (Å²) in [6.45, 7) is 15.7. The number of unbranched alkanes of at least 4 members (excludes halogenated alkanes) is 2. The van der Waals surface area contributed by atoms with Crippen molar-refractivity contribution < 1.29 is 132 Å². The third-order valence-corrected chi connectivity index (χ3v) is 19.2. The van der Waals surface area contributed by atoms with Gasteiger partial charge < -0.3 is 150 Å². The van der Waals surface area contributed by atoms with Crippen LogP contribution >= 0.6 is 0 Å². The number of hydrogen-bond acceptors (Lipinski definition) is 27. The minimum absolute atomic E-state index is 0.0292. The number of carboxylic acids is 4. The van der Waals surface area contributed by atoms with Gasteiger partial charge in [0.15, 0.2) is 5.96 Å². The molecule has 124 heavy (non-hydrogen) atoms. The van der Waals surface area contributed by atoms with Gasteiger partial charge in [0.05, 0.1) is 31.3 Å². The zero-order chi connectivity index (χ0) is 95.1. The number of aliphatic hydroxyl groups is 4. The highest BCUT2D eigenvalue weighted by Crippen LogP contribution is 2.17. The van der Waals surface area contributed by atoms with E-state index < -0.39 is 291 Å². The van der Waals surface area contributed by atoms with Crippen LogP contribution in [0.15, 0.2) is 4.99 Å². The Morgan fingerprint density at radius 3 is 0.887 bits per heavy atom. The normalized spacial score (nSPS) is 15.9. The number of carboxylic acid groups (broad SMARTS) is 4. The van der Waals surface area contributed by atoms with E-state index in [4.69, 9.17) is 34.4 Å². The van der Waals surface area contributed by atoms with E-state index in [1.54, 1.807) is 55.4 Å². The lowest BCUT2D eigenvalue weighted by molar-refractivity contribution is -0.143. The predicted octanol–water partition coefficient (Wildman–Crippen LogP) is -8.71. The summed E-state index contributed by atoms with van der Waals surface area (Å²) in [5.41, 5.74) is 33.9. The molecule has 0 aliphatic heterocycles. The van der Waals surface area contributed by atoms with Gasteiger partial charge in [0.2, 0.25) is 88.6 Å². The molecular formula is C76H135N21O27. The Kier molecular flexibility index (Phi) is 53.6. The van der Waals surface area contributed by atoms with E-state index in [1.807, 2.05) is 0 Å². The van der Waals surface area contributed by atoms with Crippen molar-refractivity contribution in [1.82, 2.24) is 74.4 Å². The zero-order valence-corrected chi connectivity index (χ0v) is 72.2. The summed E-state index contributed by atoms with van der Waals surface area (Å²) in [7, 11) is 0. The van der Waals surface area contributed by atoms with Crippen LogP contribution in [0.5, 0.6) is 0 Å². The highest BCUT2D eigenvalue weighted by Gasteiger charge is 2.41. The lowest BCUT2D eigenvalue weighted by Crippen LogP contribution is -2.62. The number of primary amides is 1. The molecule has 0 aromatic heterocycles. The maximum Gasteiger partial charge on any atom is 0.328 e. The fourth-order valence-corrected chi connectivity index (χ4v) is 12.1. The van der Waals surface area contributed by atoms with Gasteiger partial charge in [0.1, 0.15) is 90.6 Å². The second-order valence-electron chi connectivity index (χ2n) is 31.7. The molecule has 0 rings (SSSR count). The molecule has 0 heterocycles. The molecule has 48 heteroatoms. The van der Waals surface area contributed by atoms with Crippen molar-refractivity contribution in [2.24, 2.45) is 63.1 Å². The lowest BCUT2D eigenvalue weighted by Gasteiger charge is -2.30. The number of nitrogens with two attached hydrogens (primary N) is 6. The number of nitrogens with one attached hydrogen (secondary N) is 14. The summed E-state index contributed by atoms with van der Waals surface area (Å²) < 4.78 is 0. The summed E-state index contributed by atoms with van der Waals surface area (Å²) in [6, 6.07) is -26.1. The van der Waals surface area contributed by atoms with Crippen LogP contribution < -0.4 is 109 Å². The van der Waals surface area contributed by atoms with Crippen molar-refractivity contribution in [1.29, 1.82) is 0 Å². The maximum absolute atomic E-state index is 14.6. The predicted molar refractivity (Wildman–Crippen MR) is 443 cm³/mol. The van der Waals surface area contributed by atoms with Gasteiger partial charge in [-0.1, -0.05) is 61.8 Å². The van der Waals surface area contributed by atoms with E-state index in [0.29, 0.717) is 0 Å². The molecular weight excluding hydrogens is 1640 g/mol. The summed E-state index contributed by atoms with van der Waals surface area (Å²) in [6.07, 6.45) is -11.4. The number of nitrogens with zero attached hydrogens (tertiary/aromatic N) is 1. The average molecular weight is 1780 g/mol. The first-order valence-electron chi connectivity index (χ1n) is 41.1. The standard InChI is InChI=1S/C76H135N21O27/c1-12-38(8)58(95-70(118)50(32-37(6)7)91-71(119)57(80)39(9)99)72(120)89-47(23-26-56(107)108)64(112)85-43(19-14-16-28-78)66(114)97-60(41(11)101)74(122)93-51(33-53(79)102)69(117)88-46(22-25-55(105)106)63(111)87-45(21-24-54(103)104)62(110)86-44(20-17-29-83-76(81)82)61(109)84-42(18-13-15-27-77)65(113)96-59(40(10)100)73(121)92-49(31-36(4)5)67(115)90-48(30-35(2)3)68(116)94-52(34-98)75(123)124/h35-52,57-60,98-101H,12-34,77-78,80H2,1-11H3,(H2,79,102)(H,84,109)(H,85,112)(H,86,110)(H,87,111)(H,88,117)(H,89,120)(H,90,115)(H,91,119)(H,92,121)(H,93,122)(H,94,116)(H,95,118)(H,96,113)(H,97,114)(H,103,104)(H,105,106)(H,107,108)(H,123,124)(H4,81,82,83)/t38-,39+,40+,41+,42-,43-,44-,45-,46-,47-,48-,49-,50-,51-,52-,57-,58-,59-,60-/m0/s1. The minimum Gasteiger partial charge on any atom is -0.481 e. The van der Waals surface area contributed by atoms with E-state index in [9.17, 15) is 132 Å². The monoisotopic (exact) mass is 1770 g/mol. The Labute approximate surface area is 718 Å². The van der Waals surface area contributed by atoms with Gasteiger partial charge >= 0.3 is 23.9 Å². The lowest BCUT2D eigenvalue weighted by atomic mass is 9.96. The number of guanidine groups is 1. The molecule has 0 saturated carbocycles. The second kappa shape index (κ2) is 58.9. The Hall–Kier alpha value is -11.1. The minimum atomic E-state index is -2.19. The summed E-state index contributed by atoms with van der Waals surface area (Å²) in [5, 5.41) is 113. The third-order valence-electron chi connectivity index (χ3n) is 19.2. The number of amides is 15. The molecule has 0 spiro atoms. The van der Waals surface area contributed by atoms with Crippen molar-refractivity contribution in [3.8, 4) is 0 Å². The van der Waals surface area contributed by atoms with E-state index in [1.165, 1.54) is 6.92 Å². The first kappa shape index (κ1) is 113. The zero-order valence-electron chi connectivity index (χ0n) is 72.2. The van der Waals surface area contributed by atoms with Gasteiger partial charge in [-0.3, -0.25) is 91.3 Å². The van der Waals surface area contributed by atoms with Crippen LogP contribution in [0.4, 0.5) is 0 Å². The van der Waals surface area contributed by atoms with E-state index in [-0.39, 0.29) is 108 Å². The van der Waals surface area contributed by atoms with Gasteiger partial charge in [-0.05, 0) is 147 Å². The van der Waals surface area contributed by atoms with Crippen LogP contribution in [0.1, 0.15) is 198 Å². The molecule has 706 valence electrons.